The lowest BCUT2D eigenvalue weighted by Gasteiger charge is -2.36. The Morgan fingerprint density at radius 1 is 0.946 bits per heavy atom. The zero-order valence-corrected chi connectivity index (χ0v) is 21.6. The van der Waals surface area contributed by atoms with Gasteiger partial charge in [-0.15, -0.1) is 0 Å². The van der Waals surface area contributed by atoms with Crippen molar-refractivity contribution in [3.05, 3.63) is 65.2 Å². The monoisotopic (exact) mass is 532 g/mol. The van der Waals surface area contributed by atoms with Crippen LogP contribution in [0.5, 0.6) is 0 Å². The number of benzene rings is 2. The number of carbonyl (C=O) groups excluding carboxylic acids is 2. The van der Waals surface area contributed by atoms with Crippen LogP contribution in [0.4, 0.5) is 5.69 Å². The highest BCUT2D eigenvalue weighted by atomic mass is 32.2. The van der Waals surface area contributed by atoms with E-state index in [1.807, 2.05) is 48.5 Å². The van der Waals surface area contributed by atoms with E-state index in [2.05, 4.69) is 5.32 Å². The lowest BCUT2D eigenvalue weighted by Crippen LogP contribution is -2.31. The zero-order valence-electron chi connectivity index (χ0n) is 20.8. The van der Waals surface area contributed by atoms with Gasteiger partial charge in [0.05, 0.1) is 25.4 Å². The highest BCUT2D eigenvalue weighted by molar-refractivity contribution is 7.99. The van der Waals surface area contributed by atoms with Crippen LogP contribution >= 0.6 is 11.8 Å². The number of ether oxygens (including phenoxy) is 2. The van der Waals surface area contributed by atoms with Gasteiger partial charge in [0.1, 0.15) is 0 Å². The van der Waals surface area contributed by atoms with Crippen LogP contribution in [-0.2, 0) is 25.7 Å². The van der Waals surface area contributed by atoms with Crippen LogP contribution < -0.4 is 10.8 Å². The van der Waals surface area contributed by atoms with Crippen LogP contribution in [0.1, 0.15) is 67.6 Å². The fourth-order valence-electron chi connectivity index (χ4n) is 4.09. The Morgan fingerprint density at radius 2 is 1.70 bits per heavy atom. The second kappa shape index (κ2) is 15.7. The van der Waals surface area contributed by atoms with Crippen LogP contribution in [0.2, 0.25) is 0 Å². The molecule has 1 saturated heterocycles. The summed E-state index contributed by atoms with van der Waals surface area (Å²) >= 11 is 1.63. The van der Waals surface area contributed by atoms with E-state index in [4.69, 9.17) is 19.8 Å². The van der Waals surface area contributed by atoms with E-state index >= 15 is 0 Å². The Labute approximate surface area is 221 Å². The molecule has 0 aliphatic carbocycles. The number of hydroxylamine groups is 1. The molecule has 1 fully saturated rings. The van der Waals surface area contributed by atoms with Gasteiger partial charge in [0, 0.05) is 42.0 Å². The molecular weight excluding hydrogens is 496 g/mol. The van der Waals surface area contributed by atoms with Crippen molar-refractivity contribution in [2.24, 2.45) is 0 Å². The van der Waals surface area contributed by atoms with Gasteiger partial charge in [0.15, 0.2) is 6.29 Å². The summed E-state index contributed by atoms with van der Waals surface area (Å²) in [7, 11) is 0. The maximum absolute atomic E-state index is 12.4. The van der Waals surface area contributed by atoms with Crippen molar-refractivity contribution >= 4 is 29.3 Å². The van der Waals surface area contributed by atoms with Crippen LogP contribution in [0.15, 0.2) is 48.5 Å². The number of carbonyl (C=O) groups is 2. The van der Waals surface area contributed by atoms with Crippen molar-refractivity contribution in [2.45, 2.75) is 63.6 Å². The molecule has 2 amide bonds. The van der Waals surface area contributed by atoms with E-state index in [1.165, 1.54) is 0 Å². The molecule has 1 heterocycles. The first-order chi connectivity index (χ1) is 18.0. The van der Waals surface area contributed by atoms with Gasteiger partial charge in [0.2, 0.25) is 11.8 Å². The van der Waals surface area contributed by atoms with Gasteiger partial charge < -0.3 is 25.0 Å². The number of hydrogen-bond donors (Lipinski definition) is 5. The molecule has 5 N–H and O–H groups in total. The van der Waals surface area contributed by atoms with E-state index < -0.39 is 12.2 Å². The standard InChI is InChI=1S/C27H36N2O7S/c30-13-14-37-18-23-16-24(20-11-9-19(17-31)10-12-20)36-27(35-23)21-5-4-6-22(15-21)28-25(32)7-2-1-3-8-26(33)29-34/h4-6,9-12,15,23-24,27,30-31,34H,1-3,7-8,13-14,16-18H2,(H,28,32)(H,29,33)/t23-,24+,27+/m0/s1. The van der Waals surface area contributed by atoms with Gasteiger partial charge in [-0.3, -0.25) is 14.8 Å². The number of nitrogens with one attached hydrogen (secondary N) is 2. The number of thioether (sulfide) groups is 1. The second-order valence-electron chi connectivity index (χ2n) is 8.92. The second-order valence-corrected chi connectivity index (χ2v) is 10.1. The Hall–Kier alpha value is -2.47. The summed E-state index contributed by atoms with van der Waals surface area (Å²) in [4.78, 5) is 23.5. The van der Waals surface area contributed by atoms with Crippen molar-refractivity contribution in [3.8, 4) is 0 Å². The van der Waals surface area contributed by atoms with Gasteiger partial charge in [0.25, 0.3) is 0 Å². The number of rotatable bonds is 14. The average Bonchev–Trinajstić information content (AvgIpc) is 2.93. The third-order valence-electron chi connectivity index (χ3n) is 6.03. The zero-order chi connectivity index (χ0) is 26.5. The summed E-state index contributed by atoms with van der Waals surface area (Å²) in [6.45, 7) is 0.0977. The van der Waals surface area contributed by atoms with Crippen LogP contribution in [0.3, 0.4) is 0 Å². The van der Waals surface area contributed by atoms with E-state index in [-0.39, 0.29) is 37.7 Å². The Morgan fingerprint density at radius 3 is 2.41 bits per heavy atom. The maximum atomic E-state index is 12.4. The summed E-state index contributed by atoms with van der Waals surface area (Å²) in [6, 6.07) is 15.1. The molecular formula is C27H36N2O7S. The molecule has 0 radical (unpaired) electrons. The summed E-state index contributed by atoms with van der Waals surface area (Å²) in [5, 5.41) is 29.9. The topological polar surface area (TPSA) is 137 Å². The Balaban J connectivity index is 1.62. The first-order valence-corrected chi connectivity index (χ1v) is 13.7. The lowest BCUT2D eigenvalue weighted by molar-refractivity contribution is -0.245. The van der Waals surface area contributed by atoms with Crippen molar-refractivity contribution in [1.29, 1.82) is 0 Å². The molecule has 1 aliphatic rings. The molecule has 3 rings (SSSR count). The van der Waals surface area contributed by atoms with E-state index in [1.54, 1.807) is 17.2 Å². The highest BCUT2D eigenvalue weighted by Crippen LogP contribution is 2.39. The SMILES string of the molecule is O=C(CCCCCC(=O)Nc1cccc([C@@H]2O[C@H](CSCCO)C[C@H](c3ccc(CO)cc3)O2)c1)NO. The normalized spacial score (nSPS) is 19.4. The first kappa shape index (κ1) is 29.1. The first-order valence-electron chi connectivity index (χ1n) is 12.5. The minimum Gasteiger partial charge on any atom is -0.396 e. The smallest absolute Gasteiger partial charge is 0.243 e. The lowest BCUT2D eigenvalue weighted by atomic mass is 10.0. The van der Waals surface area contributed by atoms with Crippen LogP contribution in [-0.4, -0.2) is 51.5 Å². The van der Waals surface area contributed by atoms with Crippen molar-refractivity contribution in [3.63, 3.8) is 0 Å². The van der Waals surface area contributed by atoms with Gasteiger partial charge in [-0.2, -0.15) is 11.8 Å². The van der Waals surface area contributed by atoms with E-state index in [0.717, 1.165) is 22.4 Å². The van der Waals surface area contributed by atoms with Gasteiger partial charge in [-0.05, 0) is 36.1 Å². The Kier molecular flexibility index (Phi) is 12.3. The number of amides is 2. The molecule has 0 spiro atoms. The van der Waals surface area contributed by atoms with Crippen molar-refractivity contribution < 1.29 is 34.5 Å². The summed E-state index contributed by atoms with van der Waals surface area (Å²) in [5.41, 5.74) is 4.88. The van der Waals surface area contributed by atoms with Crippen LogP contribution in [0.25, 0.3) is 0 Å². The summed E-state index contributed by atoms with van der Waals surface area (Å²) < 4.78 is 12.6. The molecule has 37 heavy (non-hydrogen) atoms. The van der Waals surface area contributed by atoms with Crippen LogP contribution in [0, 0.1) is 0 Å². The third kappa shape index (κ3) is 9.73. The minimum atomic E-state index is -0.620. The predicted molar refractivity (Wildman–Crippen MR) is 141 cm³/mol. The van der Waals surface area contributed by atoms with Gasteiger partial charge in [-0.1, -0.05) is 42.8 Å². The molecule has 0 aromatic heterocycles. The molecule has 202 valence electrons. The number of unbranched alkanes of at least 4 members (excludes halogenated alkanes) is 2. The number of aliphatic hydroxyl groups excluding tert-OH is 2. The van der Waals surface area contributed by atoms with Gasteiger partial charge >= 0.3 is 0 Å². The number of aliphatic hydroxyl groups is 2. The molecule has 10 heteroatoms. The average molecular weight is 533 g/mol. The molecule has 0 saturated carbocycles. The van der Waals surface area contributed by atoms with E-state index in [9.17, 15) is 14.7 Å². The molecule has 9 nitrogen and oxygen atoms in total. The molecule has 0 bridgehead atoms. The minimum absolute atomic E-state index is 0.0165. The van der Waals surface area contributed by atoms with Crippen molar-refractivity contribution in [2.75, 3.05) is 23.4 Å². The summed E-state index contributed by atoms with van der Waals surface area (Å²) in [6.07, 6.45) is 2.29. The number of anilines is 1. The van der Waals surface area contributed by atoms with Gasteiger partial charge in [-0.25, -0.2) is 5.48 Å². The largest absolute Gasteiger partial charge is 0.396 e. The summed E-state index contributed by atoms with van der Waals surface area (Å²) in [5.74, 6) is 0.820. The predicted octanol–water partition coefficient (Wildman–Crippen LogP) is 3.84. The molecule has 3 atom stereocenters. The highest BCUT2D eigenvalue weighted by Gasteiger charge is 2.32. The fraction of sp³-hybridized carbons (Fsp3) is 0.481. The van der Waals surface area contributed by atoms with E-state index in [0.29, 0.717) is 43.5 Å². The fourth-order valence-corrected chi connectivity index (χ4v) is 4.87. The molecule has 1 aliphatic heterocycles. The molecule has 2 aromatic rings. The quantitative estimate of drug-likeness (QED) is 0.141. The van der Waals surface area contributed by atoms with Crippen molar-refractivity contribution in [1.82, 2.24) is 5.48 Å². The maximum Gasteiger partial charge on any atom is 0.243 e. The molecule has 2 aromatic carbocycles. The third-order valence-corrected chi connectivity index (χ3v) is 7.11. The Bertz CT molecular complexity index is 989. The number of hydrogen-bond acceptors (Lipinski definition) is 8. The molecule has 0 unspecified atom stereocenters.